The smallest absolute Gasteiger partial charge is 0.409 e. The van der Waals surface area contributed by atoms with Gasteiger partial charge in [-0.15, -0.1) is 5.10 Å². The van der Waals surface area contributed by atoms with Crippen LogP contribution in [0.25, 0.3) is 0 Å². The highest BCUT2D eigenvalue weighted by molar-refractivity contribution is 6.30. The van der Waals surface area contributed by atoms with Crippen LogP contribution in [0.4, 0.5) is 4.79 Å². The Morgan fingerprint density at radius 3 is 2.12 bits per heavy atom. The Hall–Kier alpha value is -5.92. The summed E-state index contributed by atoms with van der Waals surface area (Å²) in [5.74, 6) is 0.589. The van der Waals surface area contributed by atoms with Crippen molar-refractivity contribution in [2.45, 2.75) is 154 Å². The van der Waals surface area contributed by atoms with E-state index in [9.17, 15) is 24.0 Å². The molecule has 4 unspecified atom stereocenters. The predicted molar refractivity (Wildman–Crippen MR) is 338 cm³/mol. The van der Waals surface area contributed by atoms with Crippen LogP contribution in [0.1, 0.15) is 161 Å². The van der Waals surface area contributed by atoms with Gasteiger partial charge in [-0.1, -0.05) is 119 Å². The zero-order valence-corrected chi connectivity index (χ0v) is 54.0. The second-order valence-electron chi connectivity index (χ2n) is 26.4. The van der Waals surface area contributed by atoms with Gasteiger partial charge in [0.05, 0.1) is 77.2 Å². The number of methoxy groups -OCH3 is 1. The van der Waals surface area contributed by atoms with Gasteiger partial charge in [0.25, 0.3) is 5.91 Å². The average Bonchev–Trinajstić information content (AvgIpc) is 2.60. The number of fused-ring (bicyclic) bond motifs is 2. The molecule has 1 N–H and O–H groups in total. The molecule has 4 atom stereocenters. The third-order valence-electron chi connectivity index (χ3n) is 19.4. The second-order valence-corrected chi connectivity index (χ2v) is 26.8. The minimum atomic E-state index is -1.28. The lowest BCUT2D eigenvalue weighted by Gasteiger charge is -2.47. The van der Waals surface area contributed by atoms with Crippen molar-refractivity contribution in [2.75, 3.05) is 106 Å². The number of hydrogen-bond donors (Lipinski definition) is 1. The first-order valence-corrected chi connectivity index (χ1v) is 33.1. The van der Waals surface area contributed by atoms with Crippen LogP contribution < -0.4 is 5.32 Å². The molecule has 2 aliphatic heterocycles. The second kappa shape index (κ2) is 31.7. The van der Waals surface area contributed by atoms with Crippen LogP contribution in [0.3, 0.4) is 0 Å². The van der Waals surface area contributed by atoms with Gasteiger partial charge in [-0.05, 0) is 139 Å². The monoisotopic (exact) mass is 1230 g/mol. The number of piperidine rings is 1. The van der Waals surface area contributed by atoms with Crippen molar-refractivity contribution >= 4 is 41.4 Å². The molecule has 19 heteroatoms. The summed E-state index contributed by atoms with van der Waals surface area (Å²) in [7, 11) is 1.34. The number of carbonyl (C=O) groups excluding carboxylic acids is 5. The molecule has 2 saturated heterocycles. The van der Waals surface area contributed by atoms with E-state index in [1.807, 2.05) is 58.1 Å². The Bertz CT molecular complexity index is 2890. The topological polar surface area (TPSA) is 187 Å². The molecular weight excluding hydrogens is 1140 g/mol. The molecule has 4 amide bonds. The molecule has 4 fully saturated rings. The summed E-state index contributed by atoms with van der Waals surface area (Å²) in [6.07, 6.45) is 9.47. The van der Waals surface area contributed by atoms with Crippen molar-refractivity contribution in [3.05, 3.63) is 117 Å². The fourth-order valence-corrected chi connectivity index (χ4v) is 14.0. The predicted octanol–water partition coefficient (Wildman–Crippen LogP) is 10.0. The highest BCUT2D eigenvalue weighted by Gasteiger charge is 2.52. The number of aryl methyl sites for hydroxylation is 1. The number of amides is 4. The van der Waals surface area contributed by atoms with E-state index in [0.29, 0.717) is 108 Å². The first-order valence-electron chi connectivity index (χ1n) is 32.7. The molecule has 480 valence electrons. The molecule has 0 radical (unpaired) electrons. The van der Waals surface area contributed by atoms with E-state index in [1.54, 1.807) is 9.80 Å². The normalized spacial score (nSPS) is 20.0. The van der Waals surface area contributed by atoms with Gasteiger partial charge in [-0.3, -0.25) is 24.1 Å². The molecule has 3 heterocycles. The summed E-state index contributed by atoms with van der Waals surface area (Å²) in [4.78, 5) is 78.0. The molecule has 9 rings (SSSR count). The minimum absolute atomic E-state index is 0.0318. The van der Waals surface area contributed by atoms with Gasteiger partial charge in [0.15, 0.2) is 0 Å². The van der Waals surface area contributed by atoms with Crippen molar-refractivity contribution in [1.82, 2.24) is 39.9 Å². The lowest BCUT2D eigenvalue weighted by Crippen LogP contribution is -2.65. The summed E-state index contributed by atoms with van der Waals surface area (Å²) in [6, 6.07) is 24.0. The molecule has 3 aromatic carbocycles. The van der Waals surface area contributed by atoms with Gasteiger partial charge in [0.1, 0.15) is 5.54 Å². The number of benzene rings is 3. The van der Waals surface area contributed by atoms with Gasteiger partial charge >= 0.3 is 12.1 Å². The Labute approximate surface area is 527 Å². The van der Waals surface area contributed by atoms with E-state index in [1.165, 1.54) is 19.1 Å². The highest BCUT2D eigenvalue weighted by atomic mass is 35.5. The molecule has 2 saturated carbocycles. The first-order chi connectivity index (χ1) is 42.5. The number of carbonyl (C=O) groups is 5. The minimum Gasteiger partial charge on any atom is -0.469 e. The van der Waals surface area contributed by atoms with Crippen LogP contribution in [0.15, 0.2) is 72.8 Å². The van der Waals surface area contributed by atoms with E-state index in [2.05, 4.69) is 79.4 Å². The largest absolute Gasteiger partial charge is 0.469 e. The van der Waals surface area contributed by atoms with Gasteiger partial charge in [-0.2, -0.15) is 0 Å². The van der Waals surface area contributed by atoms with Crippen molar-refractivity contribution in [3.63, 3.8) is 0 Å². The number of ether oxygens (including phenoxy) is 5. The molecule has 3 aliphatic carbocycles. The average molecular weight is 1230 g/mol. The Morgan fingerprint density at radius 1 is 0.784 bits per heavy atom. The number of morpholine rings is 1. The van der Waals surface area contributed by atoms with Crippen LogP contribution >= 0.6 is 11.6 Å². The fraction of sp³-hybridized carbons (Fsp3) is 0.638. The first kappa shape index (κ1) is 66.5. The molecular formula is C69H97ClN8O10. The SMILES string of the molecule is COC(=O)CCCN(C(=O)c1ccc(C(C)C)cc1)C1(C(=O)NCCN2CCOCC2)CCN(C(=O)OCC2C3CCc4nnn(CCOCCOCCN(Cc5ccc(C(C)(C)C)cc5)C(=O)C(c5ccc(Cl)cc5)C5CCCCC5)c4CCC32)CC1. The zero-order valence-electron chi connectivity index (χ0n) is 53.2. The fourth-order valence-electron chi connectivity index (χ4n) is 13.9. The van der Waals surface area contributed by atoms with E-state index >= 15 is 0 Å². The number of hydrogen-bond acceptors (Lipinski definition) is 13. The van der Waals surface area contributed by atoms with Gasteiger partial charge in [-0.25, -0.2) is 9.48 Å². The number of halogens is 1. The van der Waals surface area contributed by atoms with Crippen molar-refractivity contribution in [2.24, 2.45) is 23.7 Å². The van der Waals surface area contributed by atoms with Crippen LogP contribution in [-0.2, 0) is 69.4 Å². The molecule has 1 aromatic heterocycles. The molecule has 88 heavy (non-hydrogen) atoms. The van der Waals surface area contributed by atoms with E-state index in [0.717, 1.165) is 92.5 Å². The lowest BCUT2D eigenvalue weighted by atomic mass is 9.76. The van der Waals surface area contributed by atoms with Gasteiger partial charge in [0.2, 0.25) is 11.8 Å². The van der Waals surface area contributed by atoms with Crippen molar-refractivity contribution in [1.29, 1.82) is 0 Å². The quantitative estimate of drug-likeness (QED) is 0.0439. The van der Waals surface area contributed by atoms with Crippen LogP contribution in [-0.4, -0.2) is 176 Å². The zero-order chi connectivity index (χ0) is 62.2. The summed E-state index contributed by atoms with van der Waals surface area (Å²) in [5.41, 5.74) is 5.83. The van der Waals surface area contributed by atoms with Gasteiger partial charge < -0.3 is 43.7 Å². The maximum Gasteiger partial charge on any atom is 0.409 e. The molecule has 18 nitrogen and oxygen atoms in total. The number of nitrogens with zero attached hydrogens (tertiary/aromatic N) is 7. The number of nitrogens with one attached hydrogen (secondary N) is 1. The maximum atomic E-state index is 14.8. The Balaban J connectivity index is 0.743. The molecule has 4 aromatic rings. The van der Waals surface area contributed by atoms with Crippen molar-refractivity contribution in [3.8, 4) is 0 Å². The number of rotatable bonds is 27. The number of aromatic nitrogens is 3. The van der Waals surface area contributed by atoms with Crippen LogP contribution in [0.2, 0.25) is 5.02 Å². The third kappa shape index (κ3) is 17.5. The third-order valence-corrected chi connectivity index (χ3v) is 19.6. The van der Waals surface area contributed by atoms with E-state index in [-0.39, 0.29) is 91.7 Å². The van der Waals surface area contributed by atoms with Crippen molar-refractivity contribution < 1.29 is 47.7 Å². The van der Waals surface area contributed by atoms with Crippen LogP contribution in [0, 0.1) is 23.7 Å². The molecule has 0 spiro atoms. The van der Waals surface area contributed by atoms with E-state index in [4.69, 9.17) is 35.3 Å². The number of esters is 1. The summed E-state index contributed by atoms with van der Waals surface area (Å²) in [5, 5.41) is 13.0. The lowest BCUT2D eigenvalue weighted by molar-refractivity contribution is -0.141. The Morgan fingerprint density at radius 2 is 1.45 bits per heavy atom. The van der Waals surface area contributed by atoms with Crippen LogP contribution in [0.5, 0.6) is 0 Å². The highest BCUT2D eigenvalue weighted by Crippen LogP contribution is 2.53. The summed E-state index contributed by atoms with van der Waals surface area (Å²) in [6.45, 7) is 18.8. The standard InChI is InChI=1S/C69H97ClN8O10/c1-49(2)51-16-18-54(19-17-51)64(80)77(33-10-13-62(79)84-6)69(66(82)71-32-36-74-37-41-85-42-38-74)30-34-75(35-31-69)67(83)88-48-59-57-26-28-60-61(29-27-58(57)59)78(73-72-60)40-44-87-46-45-86-43-39-76(47-50-14-22-55(23-15-50)68(3,4)5)65(81)63(52-11-8-7-9-12-52)53-20-24-56(70)25-21-53/h14-25,49,52,57-59,63H,7-13,26-48H2,1-6H3,(H,71,82). The van der Waals surface area contributed by atoms with Gasteiger partial charge in [0, 0.05) is 75.9 Å². The van der Waals surface area contributed by atoms with E-state index < -0.39 is 11.6 Å². The molecule has 5 aliphatic rings. The summed E-state index contributed by atoms with van der Waals surface area (Å²) >= 11 is 6.34. The summed E-state index contributed by atoms with van der Waals surface area (Å²) < 4.78 is 30.8. The number of likely N-dealkylation sites (tertiary alicyclic amines) is 1. The Kier molecular flexibility index (Phi) is 24.0. The maximum absolute atomic E-state index is 14.8. The molecule has 0 bridgehead atoms.